The number of hydrogen-bond acceptors (Lipinski definition) is 6. The molecule has 9 heteroatoms. The fourth-order valence-electron chi connectivity index (χ4n) is 3.78. The van der Waals surface area contributed by atoms with Crippen LogP contribution in [0.25, 0.3) is 16.6 Å². The zero-order valence-corrected chi connectivity index (χ0v) is 17.5. The number of pyridine rings is 2. The van der Waals surface area contributed by atoms with Crippen LogP contribution in [0.2, 0.25) is 0 Å². The van der Waals surface area contributed by atoms with Gasteiger partial charge in [-0.25, -0.2) is 4.52 Å². The molecule has 0 aliphatic carbocycles. The van der Waals surface area contributed by atoms with Gasteiger partial charge in [0.2, 0.25) is 5.88 Å². The van der Waals surface area contributed by atoms with Crippen molar-refractivity contribution in [3.05, 3.63) is 48.3 Å². The van der Waals surface area contributed by atoms with E-state index in [0.717, 1.165) is 37.1 Å². The van der Waals surface area contributed by atoms with E-state index in [1.807, 2.05) is 42.9 Å². The maximum absolute atomic E-state index is 13.2. The molecule has 0 unspecified atom stereocenters. The van der Waals surface area contributed by atoms with Gasteiger partial charge in [-0.15, -0.1) is 0 Å². The molecule has 1 aliphatic heterocycles. The van der Waals surface area contributed by atoms with Gasteiger partial charge >= 0.3 is 0 Å². The number of fused-ring (bicyclic) bond motifs is 2. The molecule has 1 N–H and O–H groups in total. The number of hydrogen-bond donors (Lipinski definition) is 1. The molecular formula is C22H24N6O3. The first kappa shape index (κ1) is 19.5. The van der Waals surface area contributed by atoms with Crippen molar-refractivity contribution in [3.63, 3.8) is 0 Å². The lowest BCUT2D eigenvalue weighted by Crippen LogP contribution is -2.18. The third-order valence-corrected chi connectivity index (χ3v) is 5.23. The number of aromatic nitrogens is 5. The number of ether oxygens (including phenoxy) is 2. The van der Waals surface area contributed by atoms with Gasteiger partial charge in [0.1, 0.15) is 11.4 Å². The lowest BCUT2D eigenvalue weighted by Gasteiger charge is -2.13. The summed E-state index contributed by atoms with van der Waals surface area (Å²) in [6.45, 7) is 6.11. The second-order valence-corrected chi connectivity index (χ2v) is 8.03. The minimum absolute atomic E-state index is 0.135. The molecule has 0 radical (unpaired) electrons. The van der Waals surface area contributed by atoms with Crippen molar-refractivity contribution < 1.29 is 14.3 Å². The second-order valence-electron chi connectivity index (χ2n) is 8.03. The van der Waals surface area contributed by atoms with Gasteiger partial charge in [-0.1, -0.05) is 6.07 Å². The minimum atomic E-state index is -0.315. The Morgan fingerprint density at radius 3 is 3.06 bits per heavy atom. The van der Waals surface area contributed by atoms with Crippen molar-refractivity contribution >= 4 is 28.3 Å². The number of amides is 1. The normalized spacial score (nSPS) is 16.4. The molecule has 5 rings (SSSR count). The quantitative estimate of drug-likeness (QED) is 0.515. The number of carbonyl (C=O) groups is 1. The van der Waals surface area contributed by atoms with Gasteiger partial charge in [0.25, 0.3) is 5.91 Å². The van der Waals surface area contributed by atoms with E-state index in [1.165, 1.54) is 0 Å². The van der Waals surface area contributed by atoms with Crippen LogP contribution in [0.5, 0.6) is 5.88 Å². The van der Waals surface area contributed by atoms with Crippen molar-refractivity contribution in [1.29, 1.82) is 0 Å². The van der Waals surface area contributed by atoms with Crippen molar-refractivity contribution in [2.24, 2.45) is 5.92 Å². The molecule has 4 aromatic heterocycles. The van der Waals surface area contributed by atoms with E-state index in [2.05, 4.69) is 20.5 Å². The molecule has 0 aromatic carbocycles. The van der Waals surface area contributed by atoms with Gasteiger partial charge in [0.15, 0.2) is 5.65 Å². The monoisotopic (exact) mass is 420 g/mol. The van der Waals surface area contributed by atoms with Crippen LogP contribution in [0.4, 0.5) is 5.82 Å². The van der Waals surface area contributed by atoms with Crippen LogP contribution in [-0.4, -0.2) is 49.6 Å². The van der Waals surface area contributed by atoms with Gasteiger partial charge in [-0.05, 0) is 44.5 Å². The fourth-order valence-corrected chi connectivity index (χ4v) is 3.78. The van der Waals surface area contributed by atoms with E-state index in [1.54, 1.807) is 22.8 Å². The smallest absolute Gasteiger partial charge is 0.262 e. The van der Waals surface area contributed by atoms with Crippen molar-refractivity contribution in [2.45, 2.75) is 32.9 Å². The molecule has 0 bridgehead atoms. The summed E-state index contributed by atoms with van der Waals surface area (Å²) in [7, 11) is 0. The van der Waals surface area contributed by atoms with E-state index in [-0.39, 0.29) is 17.9 Å². The Hall–Kier alpha value is -3.46. The highest BCUT2D eigenvalue weighted by Crippen LogP contribution is 2.25. The summed E-state index contributed by atoms with van der Waals surface area (Å²) in [5, 5.41) is 12.6. The Morgan fingerprint density at radius 2 is 2.26 bits per heavy atom. The van der Waals surface area contributed by atoms with Crippen molar-refractivity contribution in [3.8, 4) is 5.88 Å². The standard InChI is InChI=1S/C22H24N6O3/c1-14(2)31-22-18(21(29)24-19-5-3-4-17-6-8-23-28(17)19)10-16-12-27(26-20(16)25-22)11-15-7-9-30-13-15/h3-6,8,10,12,14-15H,7,9,11,13H2,1-2H3,(H,24,29)/t15-/m1/s1. The second kappa shape index (κ2) is 7.99. The molecule has 0 spiro atoms. The SMILES string of the molecule is CC(C)Oc1nc2nn(C[C@H]3CCOC3)cc2cc1C(=O)Nc1cccc2ccnn12. The molecule has 1 fully saturated rings. The summed E-state index contributed by atoms with van der Waals surface area (Å²) >= 11 is 0. The van der Waals surface area contributed by atoms with Crippen LogP contribution in [-0.2, 0) is 11.3 Å². The largest absolute Gasteiger partial charge is 0.474 e. The van der Waals surface area contributed by atoms with Gasteiger partial charge in [-0.2, -0.15) is 15.2 Å². The Labute approximate surface area is 179 Å². The average Bonchev–Trinajstić information content (AvgIpc) is 3.47. The van der Waals surface area contributed by atoms with Gasteiger partial charge in [-0.3, -0.25) is 9.48 Å². The number of rotatable bonds is 6. The predicted octanol–water partition coefficient (Wildman–Crippen LogP) is 3.16. The first-order valence-electron chi connectivity index (χ1n) is 10.4. The maximum atomic E-state index is 13.2. The molecule has 1 aliphatic rings. The van der Waals surface area contributed by atoms with E-state index in [0.29, 0.717) is 22.9 Å². The Bertz CT molecular complexity index is 1240. The molecule has 9 nitrogen and oxygen atoms in total. The average molecular weight is 420 g/mol. The number of nitrogens with one attached hydrogen (secondary N) is 1. The molecule has 4 aromatic rings. The van der Waals surface area contributed by atoms with E-state index in [4.69, 9.17) is 9.47 Å². The first-order chi connectivity index (χ1) is 15.1. The fraction of sp³-hybridized carbons (Fsp3) is 0.364. The van der Waals surface area contributed by atoms with Crippen LogP contribution in [0.3, 0.4) is 0 Å². The minimum Gasteiger partial charge on any atom is -0.474 e. The Morgan fingerprint density at radius 1 is 1.35 bits per heavy atom. The zero-order chi connectivity index (χ0) is 21.4. The molecule has 160 valence electrons. The molecule has 1 atom stereocenters. The summed E-state index contributed by atoms with van der Waals surface area (Å²) < 4.78 is 14.9. The van der Waals surface area contributed by atoms with Crippen molar-refractivity contribution in [1.82, 2.24) is 24.4 Å². The van der Waals surface area contributed by atoms with Gasteiger partial charge < -0.3 is 14.8 Å². The van der Waals surface area contributed by atoms with Crippen LogP contribution < -0.4 is 10.1 Å². The van der Waals surface area contributed by atoms with E-state index >= 15 is 0 Å². The summed E-state index contributed by atoms with van der Waals surface area (Å²) in [4.78, 5) is 17.8. The highest BCUT2D eigenvalue weighted by Gasteiger charge is 2.21. The number of nitrogens with zero attached hydrogens (tertiary/aromatic N) is 5. The lowest BCUT2D eigenvalue weighted by molar-refractivity contribution is 0.101. The summed E-state index contributed by atoms with van der Waals surface area (Å²) in [6, 6.07) is 9.26. The van der Waals surface area contributed by atoms with E-state index < -0.39 is 0 Å². The van der Waals surface area contributed by atoms with Crippen LogP contribution in [0, 0.1) is 5.92 Å². The third kappa shape index (κ3) is 3.96. The zero-order valence-electron chi connectivity index (χ0n) is 17.5. The summed E-state index contributed by atoms with van der Waals surface area (Å²) in [5.74, 6) is 0.963. The first-order valence-corrected chi connectivity index (χ1v) is 10.4. The van der Waals surface area contributed by atoms with E-state index in [9.17, 15) is 4.79 Å². The van der Waals surface area contributed by atoms with Crippen LogP contribution >= 0.6 is 0 Å². The molecule has 31 heavy (non-hydrogen) atoms. The van der Waals surface area contributed by atoms with Crippen molar-refractivity contribution in [2.75, 3.05) is 18.5 Å². The highest BCUT2D eigenvalue weighted by molar-refractivity contribution is 6.07. The maximum Gasteiger partial charge on any atom is 0.262 e. The van der Waals surface area contributed by atoms with Crippen LogP contribution in [0.15, 0.2) is 42.7 Å². The molecular weight excluding hydrogens is 396 g/mol. The van der Waals surface area contributed by atoms with Crippen LogP contribution in [0.1, 0.15) is 30.6 Å². The molecule has 1 saturated heterocycles. The number of carbonyl (C=O) groups excluding carboxylic acids is 1. The summed E-state index contributed by atoms with van der Waals surface area (Å²) in [5.41, 5.74) is 1.80. The molecule has 5 heterocycles. The highest BCUT2D eigenvalue weighted by atomic mass is 16.5. The number of anilines is 1. The summed E-state index contributed by atoms with van der Waals surface area (Å²) in [6.07, 6.45) is 4.50. The predicted molar refractivity (Wildman–Crippen MR) is 115 cm³/mol. The molecule has 0 saturated carbocycles. The Balaban J connectivity index is 1.48. The van der Waals surface area contributed by atoms with Gasteiger partial charge in [0, 0.05) is 30.7 Å². The van der Waals surface area contributed by atoms with Gasteiger partial charge in [0.05, 0.1) is 24.4 Å². The Kier molecular flexibility index (Phi) is 5.03. The third-order valence-electron chi connectivity index (χ3n) is 5.23. The molecule has 1 amide bonds. The lowest BCUT2D eigenvalue weighted by atomic mass is 10.1. The topological polar surface area (TPSA) is 95.6 Å².